The Morgan fingerprint density at radius 1 is 0.231 bits per heavy atom. The second-order valence-corrected chi connectivity index (χ2v) is 28.7. The van der Waals surface area contributed by atoms with Gasteiger partial charge in [0.05, 0.1) is 62.6 Å². The van der Waals surface area contributed by atoms with Crippen molar-refractivity contribution in [3.8, 4) is 106 Å². The lowest BCUT2D eigenvalue weighted by Gasteiger charge is -2.44. The molecule has 13 aromatic carbocycles. The van der Waals surface area contributed by atoms with Crippen molar-refractivity contribution in [2.75, 3.05) is 7.11 Å². The number of alkyl halides is 27. The molecule has 0 amide bonds. The second kappa shape index (κ2) is 31.6. The van der Waals surface area contributed by atoms with Crippen LogP contribution in [0, 0.1) is 0 Å². The van der Waals surface area contributed by atoms with Crippen LogP contribution in [0.2, 0.25) is 5.02 Å². The summed E-state index contributed by atoms with van der Waals surface area (Å²) in [6.07, 6.45) is -52.0. The molecule has 0 aliphatic rings. The van der Waals surface area contributed by atoms with Crippen LogP contribution in [-0.4, -0.2) is 7.11 Å². The Balaban J connectivity index is 1.52. The third-order valence-electron chi connectivity index (χ3n) is 20.6. The fourth-order valence-electron chi connectivity index (χ4n) is 15.6. The standard InChI is InChI=1S/C92H54ClF27O/c1-48(2)50-14-4-16-52(42-50)76-74(49-34-36-57(37-35-49)84(94,95)96)75(54-18-6-22-60(44-54)86(100,101)102)80(79-66(27-11-32-72(79)91(115,116)117)67-28-10-26-65(81(67)92(118,119)120)51-15-8-25-63(93)46-51)77(55-19-7-23-61(45-55)87(103,104)105)82(76)83(56-38-40-64(121-3)41-39-56,58-20-9-24-62(47-58)88(106,107)108)69-30-13-33-71(90(112,113)114)78(69)68-29-12-31-70(89(109,110)111)73(68)53-17-5-21-59(43-53)85(97,98)99/h4-48H,1-3H3. The highest BCUT2D eigenvalue weighted by molar-refractivity contribution is 6.31. The zero-order valence-corrected chi connectivity index (χ0v) is 62.7. The van der Waals surface area contributed by atoms with Crippen molar-refractivity contribution < 1.29 is 123 Å². The van der Waals surface area contributed by atoms with Gasteiger partial charge in [-0.3, -0.25) is 0 Å². The molecule has 0 aromatic heterocycles. The molecule has 0 saturated heterocycles. The minimum atomic E-state index is -6.16. The first kappa shape index (κ1) is 86.9. The highest BCUT2D eigenvalue weighted by Crippen LogP contribution is 2.66. The van der Waals surface area contributed by atoms with E-state index >= 15 is 119 Å². The van der Waals surface area contributed by atoms with Crippen LogP contribution in [0.3, 0.4) is 0 Å². The Bertz CT molecular complexity index is 6090. The number of methoxy groups -OCH3 is 1. The van der Waals surface area contributed by atoms with Crippen LogP contribution >= 0.6 is 11.6 Å². The molecule has 0 aliphatic carbocycles. The Kier molecular flexibility index (Phi) is 22.7. The lowest BCUT2D eigenvalue weighted by atomic mass is 9.57. The summed E-state index contributed by atoms with van der Waals surface area (Å²) in [6, 6.07) is 27.3. The average Bonchev–Trinajstić information content (AvgIpc) is 0.676. The van der Waals surface area contributed by atoms with E-state index in [0.717, 1.165) is 79.9 Å². The highest BCUT2D eigenvalue weighted by atomic mass is 35.5. The van der Waals surface area contributed by atoms with E-state index < -0.39 is 239 Å². The summed E-state index contributed by atoms with van der Waals surface area (Å²) in [6.45, 7) is 3.01. The van der Waals surface area contributed by atoms with Gasteiger partial charge in [0.1, 0.15) is 5.75 Å². The number of hydrogen-bond donors (Lipinski definition) is 0. The van der Waals surface area contributed by atoms with Gasteiger partial charge in [-0.1, -0.05) is 195 Å². The van der Waals surface area contributed by atoms with Crippen LogP contribution in [-0.2, 0) is 61.0 Å². The van der Waals surface area contributed by atoms with Crippen molar-refractivity contribution in [1.82, 2.24) is 0 Å². The number of ether oxygens (including phenoxy) is 1. The number of hydrogen-bond acceptors (Lipinski definition) is 1. The molecule has 1 nitrogen and oxygen atoms in total. The first-order valence-corrected chi connectivity index (χ1v) is 36.3. The highest BCUT2D eigenvalue weighted by Gasteiger charge is 2.53. The molecule has 29 heteroatoms. The van der Waals surface area contributed by atoms with E-state index in [4.69, 9.17) is 16.3 Å². The molecule has 121 heavy (non-hydrogen) atoms. The van der Waals surface area contributed by atoms with Crippen LogP contribution in [0.1, 0.15) is 97.7 Å². The lowest BCUT2D eigenvalue weighted by Crippen LogP contribution is -2.35. The topological polar surface area (TPSA) is 9.23 Å². The molecule has 624 valence electrons. The van der Waals surface area contributed by atoms with Gasteiger partial charge in [-0.25, -0.2) is 0 Å². The second-order valence-electron chi connectivity index (χ2n) is 28.3. The van der Waals surface area contributed by atoms with Crippen LogP contribution in [0.5, 0.6) is 5.75 Å². The zero-order chi connectivity index (χ0) is 88.0. The van der Waals surface area contributed by atoms with Gasteiger partial charge in [0.15, 0.2) is 0 Å². The SMILES string of the molecule is COc1ccc(C(c2cccc(C(F)(F)F)c2)(c2cccc(C(F)(F)F)c2-c2cccc(C(F)(F)F)c2-c2cccc(C(F)(F)F)c2)c2c(-c3cccc(C(C)C)c3)c(-c3ccc(C(F)(F)F)cc3)c(-c3cccc(C(F)(F)F)c3)c(-c3c(-c4cccc(-c5cccc(Cl)c5)c4C(F)(F)F)cccc3C(F)(F)F)c2-c2cccc(C(F)(F)F)c2)cc1. The lowest BCUT2D eigenvalue weighted by molar-refractivity contribution is -0.138. The Morgan fingerprint density at radius 2 is 0.595 bits per heavy atom. The van der Waals surface area contributed by atoms with E-state index in [9.17, 15) is 0 Å². The molecule has 1 atom stereocenters. The van der Waals surface area contributed by atoms with Gasteiger partial charge in [-0.2, -0.15) is 119 Å². The van der Waals surface area contributed by atoms with Gasteiger partial charge in [0, 0.05) is 16.1 Å². The predicted molar refractivity (Wildman–Crippen MR) is 404 cm³/mol. The van der Waals surface area contributed by atoms with Gasteiger partial charge in [-0.15, -0.1) is 0 Å². The molecular weight excluding hydrogens is 1670 g/mol. The van der Waals surface area contributed by atoms with E-state index in [1.165, 1.54) is 32.0 Å². The molecule has 0 N–H and O–H groups in total. The molecule has 0 aliphatic heterocycles. The van der Waals surface area contributed by atoms with Crippen LogP contribution in [0.15, 0.2) is 267 Å². The average molecular weight is 1720 g/mol. The largest absolute Gasteiger partial charge is 0.497 e. The third kappa shape index (κ3) is 16.9. The first-order chi connectivity index (χ1) is 56.4. The van der Waals surface area contributed by atoms with Gasteiger partial charge < -0.3 is 4.74 Å². The predicted octanol–water partition coefficient (Wildman–Crippen LogP) is 32.0. The summed E-state index contributed by atoms with van der Waals surface area (Å²) < 4.78 is 452. The fourth-order valence-corrected chi connectivity index (χ4v) is 15.8. The molecule has 0 bridgehead atoms. The van der Waals surface area contributed by atoms with Crippen LogP contribution in [0.4, 0.5) is 119 Å². The third-order valence-corrected chi connectivity index (χ3v) is 20.8. The monoisotopic (exact) mass is 1720 g/mol. The van der Waals surface area contributed by atoms with E-state index in [1.807, 2.05) is 0 Å². The van der Waals surface area contributed by atoms with Crippen molar-refractivity contribution in [1.29, 1.82) is 0 Å². The minimum absolute atomic E-state index is 0.0691. The maximum absolute atomic E-state index is 17.8. The van der Waals surface area contributed by atoms with Crippen LogP contribution < -0.4 is 4.74 Å². The van der Waals surface area contributed by atoms with Gasteiger partial charge in [-0.05, 0) is 220 Å². The maximum Gasteiger partial charge on any atom is 0.417 e. The molecule has 0 spiro atoms. The Morgan fingerprint density at radius 3 is 1.08 bits per heavy atom. The summed E-state index contributed by atoms with van der Waals surface area (Å²) in [4.78, 5) is 0. The Hall–Kier alpha value is -11.9. The molecule has 13 aromatic rings. The fraction of sp³-hybridized carbons (Fsp3) is 0.152. The molecule has 0 radical (unpaired) electrons. The number of benzene rings is 13. The van der Waals surface area contributed by atoms with Crippen molar-refractivity contribution >= 4 is 11.6 Å². The van der Waals surface area contributed by atoms with Crippen molar-refractivity contribution in [2.45, 2.75) is 80.8 Å². The van der Waals surface area contributed by atoms with Crippen molar-refractivity contribution in [3.63, 3.8) is 0 Å². The normalized spacial score (nSPS) is 13.4. The molecule has 1 unspecified atom stereocenters. The van der Waals surface area contributed by atoms with Crippen LogP contribution in [0.25, 0.3) is 100 Å². The van der Waals surface area contributed by atoms with Crippen molar-refractivity contribution in [3.05, 3.63) is 350 Å². The van der Waals surface area contributed by atoms with E-state index in [2.05, 4.69) is 0 Å². The molecule has 13 rings (SSSR count). The maximum atomic E-state index is 17.8. The number of rotatable bonds is 15. The molecule has 0 fully saturated rings. The van der Waals surface area contributed by atoms with Gasteiger partial charge in [0.25, 0.3) is 0 Å². The summed E-state index contributed by atoms with van der Waals surface area (Å²) in [5.41, 5.74) is -47.9. The molecule has 0 heterocycles. The van der Waals surface area contributed by atoms with E-state index in [1.54, 1.807) is 0 Å². The molecular formula is C92H54ClF27O. The smallest absolute Gasteiger partial charge is 0.417 e. The summed E-state index contributed by atoms with van der Waals surface area (Å²) >= 11 is 6.39. The summed E-state index contributed by atoms with van der Waals surface area (Å²) in [7, 11) is 1.01. The zero-order valence-electron chi connectivity index (χ0n) is 62.0. The van der Waals surface area contributed by atoms with Gasteiger partial charge in [0.2, 0.25) is 0 Å². The van der Waals surface area contributed by atoms with Gasteiger partial charge >= 0.3 is 55.6 Å². The first-order valence-electron chi connectivity index (χ1n) is 35.9. The van der Waals surface area contributed by atoms with E-state index in [0.29, 0.717) is 133 Å². The van der Waals surface area contributed by atoms with E-state index in [-0.39, 0.29) is 58.8 Å². The summed E-state index contributed by atoms with van der Waals surface area (Å²) in [5.74, 6) is -1.16. The molecule has 0 saturated carbocycles. The minimum Gasteiger partial charge on any atom is -0.497 e. The Labute approximate surface area is 675 Å². The quantitative estimate of drug-likeness (QED) is 0.0734. The number of halogens is 28. The summed E-state index contributed by atoms with van der Waals surface area (Å²) in [5, 5.41) is -0.250. The van der Waals surface area contributed by atoms with Crippen molar-refractivity contribution in [2.24, 2.45) is 0 Å².